The molecule has 0 heterocycles. The molecular formula is C63H52N2Si. The summed E-state index contributed by atoms with van der Waals surface area (Å²) in [6.07, 6.45) is 0. The average molecular weight is 865 g/mol. The Morgan fingerprint density at radius 1 is 0.227 bits per heavy atom. The van der Waals surface area contributed by atoms with Crippen LogP contribution in [0.4, 0.5) is 34.1 Å². The van der Waals surface area contributed by atoms with E-state index in [0.717, 1.165) is 34.1 Å². The normalized spacial score (nSPS) is 11.3. The number of hydrogen-bond donors (Lipinski definition) is 0. The van der Waals surface area contributed by atoms with E-state index in [1.165, 1.54) is 59.7 Å². The minimum absolute atomic E-state index is 1.12. The summed E-state index contributed by atoms with van der Waals surface area (Å²) in [5, 5.41) is 5.37. The van der Waals surface area contributed by atoms with Gasteiger partial charge in [0.1, 0.15) is 0 Å². The number of aryl methyl sites for hydroxylation is 3. The summed E-state index contributed by atoms with van der Waals surface area (Å²) >= 11 is 0. The van der Waals surface area contributed by atoms with E-state index in [4.69, 9.17) is 0 Å². The Labute approximate surface area is 391 Å². The summed E-state index contributed by atoms with van der Waals surface area (Å²) in [5.41, 5.74) is 15.3. The van der Waals surface area contributed by atoms with E-state index in [1.54, 1.807) is 0 Å². The molecule has 0 saturated heterocycles. The molecule has 0 N–H and O–H groups in total. The summed E-state index contributed by atoms with van der Waals surface area (Å²) in [6.45, 7) is 6.41. The Morgan fingerprint density at radius 2 is 0.500 bits per heavy atom. The largest absolute Gasteiger partial charge is 0.311 e. The maximum absolute atomic E-state index is 2.89. The fourth-order valence-electron chi connectivity index (χ4n) is 9.40. The highest BCUT2D eigenvalue weighted by atomic mass is 28.3. The molecule has 10 rings (SSSR count). The minimum atomic E-state index is -2.89. The Kier molecular flexibility index (Phi) is 11.8. The molecule has 0 spiro atoms. The van der Waals surface area contributed by atoms with Gasteiger partial charge in [-0.1, -0.05) is 205 Å². The van der Waals surface area contributed by atoms with Gasteiger partial charge >= 0.3 is 0 Å². The van der Waals surface area contributed by atoms with Gasteiger partial charge < -0.3 is 9.80 Å². The first-order valence-electron chi connectivity index (χ1n) is 22.8. The molecule has 0 aliphatic rings. The first-order chi connectivity index (χ1) is 32.4. The van der Waals surface area contributed by atoms with Gasteiger partial charge in [0.05, 0.1) is 0 Å². The molecule has 0 fully saturated rings. The molecule has 0 saturated carbocycles. The maximum atomic E-state index is 2.46. The van der Waals surface area contributed by atoms with Crippen LogP contribution in [0.15, 0.2) is 261 Å². The summed E-state index contributed by atoms with van der Waals surface area (Å²) in [5.74, 6) is 0. The third kappa shape index (κ3) is 8.41. The van der Waals surface area contributed by atoms with Gasteiger partial charge in [0.2, 0.25) is 0 Å². The smallest absolute Gasteiger partial charge is 0.179 e. The van der Waals surface area contributed by atoms with Crippen LogP contribution in [0.5, 0.6) is 0 Å². The van der Waals surface area contributed by atoms with Crippen molar-refractivity contribution in [2.75, 3.05) is 9.80 Å². The van der Waals surface area contributed by atoms with Gasteiger partial charge in [-0.25, -0.2) is 0 Å². The van der Waals surface area contributed by atoms with E-state index in [-0.39, 0.29) is 0 Å². The molecule has 66 heavy (non-hydrogen) atoms. The van der Waals surface area contributed by atoms with E-state index in [9.17, 15) is 0 Å². The number of anilines is 6. The molecule has 0 unspecified atom stereocenters. The van der Waals surface area contributed by atoms with Crippen molar-refractivity contribution in [1.29, 1.82) is 0 Å². The van der Waals surface area contributed by atoms with Gasteiger partial charge in [-0.05, 0) is 137 Å². The second kappa shape index (κ2) is 18.6. The molecule has 0 radical (unpaired) electrons. The van der Waals surface area contributed by atoms with Crippen LogP contribution < -0.4 is 30.5 Å². The van der Waals surface area contributed by atoms with Crippen LogP contribution >= 0.6 is 0 Å². The first kappa shape index (κ1) is 42.0. The zero-order chi connectivity index (χ0) is 44.9. The highest BCUT2D eigenvalue weighted by molar-refractivity contribution is 7.20. The van der Waals surface area contributed by atoms with Crippen LogP contribution in [0.1, 0.15) is 16.7 Å². The second-order valence-electron chi connectivity index (χ2n) is 17.3. The monoisotopic (exact) mass is 864 g/mol. The third-order valence-corrected chi connectivity index (χ3v) is 17.6. The van der Waals surface area contributed by atoms with Crippen molar-refractivity contribution < 1.29 is 0 Å². The van der Waals surface area contributed by atoms with E-state index in [0.29, 0.717) is 0 Å². The molecule has 0 aliphatic heterocycles. The van der Waals surface area contributed by atoms with Gasteiger partial charge in [-0.3, -0.25) is 0 Å². The SMILES string of the molecule is Cc1ccc(N(c2ccccc2)c2ccc(-c3cccc([Si](c4ccccc4)(c4ccccc4)c4cccc(-c5ccc(N(c6ccc(C)cc6)c6ccc(C)cc6)cc5)c4)c3)cc2)cc1. The molecular weight excluding hydrogens is 813 g/mol. The predicted octanol–water partition coefficient (Wildman–Crippen LogP) is 14.3. The average Bonchev–Trinajstić information content (AvgIpc) is 3.38. The Morgan fingerprint density at radius 3 is 0.833 bits per heavy atom. The maximum Gasteiger partial charge on any atom is 0.179 e. The highest BCUT2D eigenvalue weighted by Crippen LogP contribution is 2.37. The van der Waals surface area contributed by atoms with E-state index in [1.807, 2.05) is 0 Å². The number of rotatable bonds is 12. The first-order valence-corrected chi connectivity index (χ1v) is 24.8. The van der Waals surface area contributed by atoms with Crippen molar-refractivity contribution >= 4 is 62.9 Å². The van der Waals surface area contributed by atoms with Gasteiger partial charge in [0, 0.05) is 34.1 Å². The van der Waals surface area contributed by atoms with Crippen molar-refractivity contribution in [2.45, 2.75) is 20.8 Å². The van der Waals surface area contributed by atoms with Crippen molar-refractivity contribution in [2.24, 2.45) is 0 Å². The number of benzene rings is 10. The van der Waals surface area contributed by atoms with E-state index in [2.05, 4.69) is 291 Å². The molecule has 10 aromatic carbocycles. The van der Waals surface area contributed by atoms with Crippen molar-refractivity contribution in [3.8, 4) is 22.3 Å². The summed E-state index contributed by atoms with van der Waals surface area (Å²) in [4.78, 5) is 4.67. The molecule has 3 heteroatoms. The number of para-hydroxylation sites is 1. The molecule has 2 nitrogen and oxygen atoms in total. The quantitative estimate of drug-likeness (QED) is 0.0892. The molecule has 0 bridgehead atoms. The summed E-state index contributed by atoms with van der Waals surface area (Å²) in [7, 11) is -2.89. The molecule has 0 aromatic heterocycles. The third-order valence-electron chi connectivity index (χ3n) is 12.8. The lowest BCUT2D eigenvalue weighted by Gasteiger charge is -2.35. The van der Waals surface area contributed by atoms with Crippen molar-refractivity contribution in [3.05, 3.63) is 278 Å². The summed E-state index contributed by atoms with van der Waals surface area (Å²) in [6, 6.07) is 96.2. The zero-order valence-corrected chi connectivity index (χ0v) is 38.7. The fourth-order valence-corrected chi connectivity index (χ4v) is 14.2. The predicted molar refractivity (Wildman–Crippen MR) is 285 cm³/mol. The lowest BCUT2D eigenvalue weighted by atomic mass is 10.0. The molecule has 0 atom stereocenters. The molecule has 0 aliphatic carbocycles. The van der Waals surface area contributed by atoms with Gasteiger partial charge in [0.15, 0.2) is 8.07 Å². The Hall–Kier alpha value is -7.98. The van der Waals surface area contributed by atoms with Crippen molar-refractivity contribution in [1.82, 2.24) is 0 Å². The zero-order valence-electron chi connectivity index (χ0n) is 37.7. The Balaban J connectivity index is 1.06. The van der Waals surface area contributed by atoms with Crippen LogP contribution in [0.2, 0.25) is 0 Å². The standard InChI is InChI=1S/C63H52N2Si/c1-47-25-35-55(36-26-47)64(54-17-7-4-8-18-54)58-41-31-50(32-42-58)52-15-13-23-62(45-52)66(60-19-9-5-10-20-60,61-21-11-6-12-22-61)63-24-14-16-53(46-63)51-33-43-59(44-34-51)65(56-37-27-48(2)28-38-56)57-39-29-49(3)30-40-57/h4-46H,1-3H3. The van der Waals surface area contributed by atoms with E-state index >= 15 is 0 Å². The van der Waals surface area contributed by atoms with Gasteiger partial charge in [0.25, 0.3) is 0 Å². The molecule has 0 amide bonds. The van der Waals surface area contributed by atoms with Crippen LogP contribution in [0.25, 0.3) is 22.3 Å². The summed E-state index contributed by atoms with van der Waals surface area (Å²) < 4.78 is 0. The molecule has 10 aromatic rings. The second-order valence-corrected chi connectivity index (χ2v) is 21.1. The van der Waals surface area contributed by atoms with Crippen LogP contribution in [0, 0.1) is 20.8 Å². The lowest BCUT2D eigenvalue weighted by Crippen LogP contribution is -2.74. The van der Waals surface area contributed by atoms with Gasteiger partial charge in [-0.15, -0.1) is 0 Å². The van der Waals surface area contributed by atoms with Crippen LogP contribution in [0.3, 0.4) is 0 Å². The minimum Gasteiger partial charge on any atom is -0.311 e. The number of nitrogens with zero attached hydrogens (tertiary/aromatic N) is 2. The Bertz CT molecular complexity index is 3080. The van der Waals surface area contributed by atoms with Crippen molar-refractivity contribution in [3.63, 3.8) is 0 Å². The fraction of sp³-hybridized carbons (Fsp3) is 0.0476. The highest BCUT2D eigenvalue weighted by Gasteiger charge is 2.41. The van der Waals surface area contributed by atoms with Crippen LogP contribution in [-0.4, -0.2) is 8.07 Å². The lowest BCUT2D eigenvalue weighted by molar-refractivity contribution is 1.27. The van der Waals surface area contributed by atoms with Crippen LogP contribution in [-0.2, 0) is 0 Å². The molecule has 318 valence electrons. The van der Waals surface area contributed by atoms with E-state index < -0.39 is 8.07 Å². The number of hydrogen-bond acceptors (Lipinski definition) is 2. The topological polar surface area (TPSA) is 6.48 Å². The van der Waals surface area contributed by atoms with Gasteiger partial charge in [-0.2, -0.15) is 0 Å².